The van der Waals surface area contributed by atoms with Crippen molar-refractivity contribution in [3.63, 3.8) is 0 Å². The van der Waals surface area contributed by atoms with Crippen LogP contribution in [0.4, 0.5) is 8.78 Å². The van der Waals surface area contributed by atoms with Crippen LogP contribution < -0.4 is 20.9 Å². The van der Waals surface area contributed by atoms with Gasteiger partial charge in [-0.1, -0.05) is 35.9 Å². The van der Waals surface area contributed by atoms with E-state index >= 15 is 8.78 Å². The summed E-state index contributed by atoms with van der Waals surface area (Å²) in [4.78, 5) is 12.4. The van der Waals surface area contributed by atoms with Crippen molar-refractivity contribution >= 4 is 17.5 Å². The molecule has 6 nitrogen and oxygen atoms in total. The number of fused-ring (bicyclic) bond motifs is 6. The van der Waals surface area contributed by atoms with E-state index in [4.69, 9.17) is 37.3 Å². The molecule has 3 aromatic carbocycles. The molecule has 0 fully saturated rings. The molecular weight excluding hydrogens is 478 g/mol. The number of carbonyl (C=O) groups excluding carboxylic acids is 1. The van der Waals surface area contributed by atoms with Crippen molar-refractivity contribution in [2.45, 2.75) is 24.5 Å². The van der Waals surface area contributed by atoms with Gasteiger partial charge in [0.2, 0.25) is 5.91 Å². The first kappa shape index (κ1) is 23.5. The minimum absolute atomic E-state index is 0.00723. The van der Waals surface area contributed by atoms with E-state index in [0.29, 0.717) is 5.56 Å². The highest BCUT2D eigenvalue weighted by Gasteiger charge is 2.62. The van der Waals surface area contributed by atoms with E-state index in [1.54, 1.807) is 6.92 Å². The van der Waals surface area contributed by atoms with Crippen LogP contribution in [0.3, 0.4) is 0 Å². The predicted octanol–water partition coefficient (Wildman–Crippen LogP) is 4.49. The number of primary amides is 1. The summed E-state index contributed by atoms with van der Waals surface area (Å²) >= 11 is 6.49. The molecule has 9 heteroatoms. The van der Waals surface area contributed by atoms with Crippen LogP contribution in [-0.4, -0.2) is 32.3 Å². The van der Waals surface area contributed by atoms with Gasteiger partial charge in [-0.25, -0.2) is 8.78 Å². The molecule has 2 aliphatic rings. The van der Waals surface area contributed by atoms with Gasteiger partial charge in [0.05, 0.1) is 23.1 Å². The van der Waals surface area contributed by atoms with Gasteiger partial charge in [-0.15, -0.1) is 0 Å². The summed E-state index contributed by atoms with van der Waals surface area (Å²) < 4.78 is 47.9. The second-order valence-corrected chi connectivity index (χ2v) is 9.05. The van der Waals surface area contributed by atoms with E-state index in [2.05, 4.69) is 0 Å². The predicted molar refractivity (Wildman–Crippen MR) is 127 cm³/mol. The molecule has 1 amide bonds. The number of rotatable bonds is 7. The Morgan fingerprint density at radius 1 is 1.20 bits per heavy atom. The Morgan fingerprint density at radius 2 is 1.94 bits per heavy atom. The molecule has 5 rings (SSSR count). The number of amides is 1. The highest BCUT2D eigenvalue weighted by Crippen LogP contribution is 2.66. The Labute approximate surface area is 205 Å². The summed E-state index contributed by atoms with van der Waals surface area (Å²) in [6, 6.07) is 10.9. The van der Waals surface area contributed by atoms with Crippen LogP contribution >= 0.6 is 11.6 Å². The van der Waals surface area contributed by atoms with E-state index in [1.807, 2.05) is 24.3 Å². The number of hydrogen-bond donors (Lipinski definition) is 2. The van der Waals surface area contributed by atoms with Gasteiger partial charge in [-0.2, -0.15) is 0 Å². The summed E-state index contributed by atoms with van der Waals surface area (Å²) in [6.07, 6.45) is 0. The van der Waals surface area contributed by atoms with Crippen molar-refractivity contribution in [2.75, 3.05) is 20.3 Å². The highest BCUT2D eigenvalue weighted by atomic mass is 35.5. The number of carbonyl (C=O) groups is 1. The summed E-state index contributed by atoms with van der Waals surface area (Å²) in [6.45, 7) is 2.07. The first-order chi connectivity index (χ1) is 16.7. The second kappa shape index (κ2) is 8.48. The number of hydrogen-bond acceptors (Lipinski definition) is 5. The molecule has 0 aromatic heterocycles. The first-order valence-corrected chi connectivity index (χ1v) is 11.4. The van der Waals surface area contributed by atoms with Gasteiger partial charge in [0.25, 0.3) is 0 Å². The molecule has 1 aliphatic carbocycles. The molecule has 0 spiro atoms. The maximum Gasteiger partial charge on any atom is 0.249 e. The van der Waals surface area contributed by atoms with Crippen molar-refractivity contribution in [1.82, 2.24) is 0 Å². The van der Waals surface area contributed by atoms with Gasteiger partial charge in [-0.05, 0) is 24.6 Å². The molecule has 1 heterocycles. The molecule has 3 aromatic rings. The number of halogens is 3. The third kappa shape index (κ3) is 3.24. The molecule has 4 N–H and O–H groups in total. The topological polar surface area (TPSA) is 96.8 Å². The highest BCUT2D eigenvalue weighted by molar-refractivity contribution is 6.34. The van der Waals surface area contributed by atoms with Crippen molar-refractivity contribution < 1.29 is 27.8 Å². The standard InChI is InChI=1S/C26H23ClF2N2O4/c1-12(30)26-15-6-4-3-5-13(15)22(26)20-18(35-26)11-16(28)23(27)21(20)19-14(25(31)32)7-8-17(24(19)29)34-10-9-33-2/h3-8,11-12,22H,9-10,30H2,1-2H3,(H2,31,32)/t12?,22-,26+/m0/s1. The molecule has 182 valence electrons. The van der Waals surface area contributed by atoms with Gasteiger partial charge in [-0.3, -0.25) is 4.79 Å². The fourth-order valence-corrected chi connectivity index (χ4v) is 5.52. The minimum atomic E-state index is -0.985. The third-order valence-corrected chi connectivity index (χ3v) is 7.12. The Morgan fingerprint density at radius 3 is 2.63 bits per heavy atom. The van der Waals surface area contributed by atoms with Crippen LogP contribution in [0.2, 0.25) is 5.02 Å². The summed E-state index contributed by atoms with van der Waals surface area (Å²) in [7, 11) is 1.48. The first-order valence-electron chi connectivity index (χ1n) is 11.0. The summed E-state index contributed by atoms with van der Waals surface area (Å²) in [5, 5.41) is -0.354. The Bertz CT molecular complexity index is 1360. The van der Waals surface area contributed by atoms with Crippen LogP contribution in [0, 0.1) is 11.6 Å². The van der Waals surface area contributed by atoms with Crippen LogP contribution in [0.25, 0.3) is 11.1 Å². The molecule has 0 radical (unpaired) electrons. The minimum Gasteiger partial charge on any atom is -0.488 e. The zero-order valence-corrected chi connectivity index (χ0v) is 19.8. The normalized spacial score (nSPS) is 20.2. The largest absolute Gasteiger partial charge is 0.488 e. The SMILES string of the molecule is COCCOc1ccc(C(N)=O)c(-c2c(Cl)c(F)cc3c2[C@@H]2c4ccccc4[C@@]2(C(C)N)O3)c1F. The Kier molecular flexibility index (Phi) is 5.70. The summed E-state index contributed by atoms with van der Waals surface area (Å²) in [5.74, 6) is -3.05. The lowest BCUT2D eigenvalue weighted by Gasteiger charge is -2.48. The number of benzene rings is 3. The molecule has 35 heavy (non-hydrogen) atoms. The molecule has 0 saturated heterocycles. The van der Waals surface area contributed by atoms with Gasteiger partial charge < -0.3 is 25.7 Å². The molecule has 0 bridgehead atoms. The van der Waals surface area contributed by atoms with Gasteiger partial charge in [0, 0.05) is 41.5 Å². The van der Waals surface area contributed by atoms with E-state index in [0.717, 1.165) is 11.1 Å². The van der Waals surface area contributed by atoms with E-state index in [-0.39, 0.29) is 46.4 Å². The number of nitrogens with two attached hydrogens (primary N) is 2. The fourth-order valence-electron chi connectivity index (χ4n) is 5.27. The van der Waals surface area contributed by atoms with Crippen LogP contribution in [0.5, 0.6) is 11.5 Å². The maximum atomic E-state index is 16.0. The van der Waals surface area contributed by atoms with E-state index in [9.17, 15) is 4.79 Å². The van der Waals surface area contributed by atoms with Crippen LogP contribution in [0.1, 0.15) is 39.9 Å². The van der Waals surface area contributed by atoms with E-state index < -0.39 is 35.1 Å². The van der Waals surface area contributed by atoms with Crippen molar-refractivity contribution in [2.24, 2.45) is 11.5 Å². The zero-order valence-electron chi connectivity index (χ0n) is 19.0. The molecule has 3 atom stereocenters. The molecule has 1 aliphatic heterocycles. The molecule has 0 saturated carbocycles. The lowest BCUT2D eigenvalue weighted by atomic mass is 9.59. The smallest absolute Gasteiger partial charge is 0.249 e. The Balaban J connectivity index is 1.80. The molecular formula is C26H23ClF2N2O4. The van der Waals surface area contributed by atoms with Gasteiger partial charge in [0.15, 0.2) is 17.2 Å². The average Bonchev–Trinajstić information content (AvgIpc) is 3.10. The fraction of sp³-hybridized carbons (Fsp3) is 0.269. The zero-order chi connectivity index (χ0) is 25.1. The van der Waals surface area contributed by atoms with Crippen LogP contribution in [0.15, 0.2) is 42.5 Å². The van der Waals surface area contributed by atoms with Crippen molar-refractivity contribution in [1.29, 1.82) is 0 Å². The maximum absolute atomic E-state index is 16.0. The second-order valence-electron chi connectivity index (χ2n) is 8.67. The van der Waals surface area contributed by atoms with Crippen LogP contribution in [-0.2, 0) is 10.3 Å². The third-order valence-electron chi connectivity index (χ3n) is 6.75. The lowest BCUT2D eigenvalue weighted by Crippen LogP contribution is -2.56. The van der Waals surface area contributed by atoms with Gasteiger partial charge in [0.1, 0.15) is 18.2 Å². The number of ether oxygens (including phenoxy) is 3. The van der Waals surface area contributed by atoms with Crippen molar-refractivity contribution in [3.8, 4) is 22.6 Å². The Hall–Kier alpha value is -3.20. The summed E-state index contributed by atoms with van der Waals surface area (Å²) in [5.41, 5.74) is 12.8. The lowest BCUT2D eigenvalue weighted by molar-refractivity contribution is 0.0276. The molecule has 1 unspecified atom stereocenters. The van der Waals surface area contributed by atoms with Crippen molar-refractivity contribution in [3.05, 3.63) is 81.4 Å². The monoisotopic (exact) mass is 500 g/mol. The average molecular weight is 501 g/mol. The van der Waals surface area contributed by atoms with Gasteiger partial charge >= 0.3 is 0 Å². The quantitative estimate of drug-likeness (QED) is 0.466. The number of methoxy groups -OCH3 is 1. The van der Waals surface area contributed by atoms with E-state index in [1.165, 1.54) is 25.3 Å².